The van der Waals surface area contributed by atoms with Gasteiger partial charge < -0.3 is 15.3 Å². The minimum Gasteiger partial charge on any atom is -0.392 e. The van der Waals surface area contributed by atoms with Crippen molar-refractivity contribution in [2.24, 2.45) is 0 Å². The third kappa shape index (κ3) is 4.55. The predicted octanol–water partition coefficient (Wildman–Crippen LogP) is 1.88. The molecule has 0 fully saturated rings. The van der Waals surface area contributed by atoms with Gasteiger partial charge in [-0.15, -0.1) is 0 Å². The van der Waals surface area contributed by atoms with Gasteiger partial charge in [-0.2, -0.15) is 0 Å². The number of hydrogen-bond acceptors (Lipinski definition) is 4. The van der Waals surface area contributed by atoms with Crippen molar-refractivity contribution >= 4 is 6.03 Å². The minimum atomic E-state index is -0.558. The third-order valence-corrected chi connectivity index (χ3v) is 3.67. The Balaban J connectivity index is 1.96. The van der Waals surface area contributed by atoms with Gasteiger partial charge in [0.2, 0.25) is 0 Å². The number of amides is 2. The molecular formula is C17H25N5O2. The Morgan fingerprint density at radius 2 is 2.08 bits per heavy atom. The van der Waals surface area contributed by atoms with Crippen molar-refractivity contribution < 1.29 is 9.90 Å². The summed E-state index contributed by atoms with van der Waals surface area (Å²) >= 11 is 0. The first kappa shape index (κ1) is 17.9. The van der Waals surface area contributed by atoms with Gasteiger partial charge in [-0.1, -0.05) is 6.07 Å². The number of imidazole rings is 1. The van der Waals surface area contributed by atoms with Crippen LogP contribution in [-0.4, -0.2) is 49.3 Å². The summed E-state index contributed by atoms with van der Waals surface area (Å²) in [6, 6.07) is 3.65. The summed E-state index contributed by atoms with van der Waals surface area (Å²) in [5.74, 6) is 1.66. The number of pyridine rings is 1. The number of aliphatic hydroxyl groups is 1. The molecule has 2 rings (SSSR count). The van der Waals surface area contributed by atoms with Gasteiger partial charge in [-0.05, 0) is 39.3 Å². The van der Waals surface area contributed by atoms with Crippen LogP contribution in [0.25, 0.3) is 5.82 Å². The van der Waals surface area contributed by atoms with Crippen LogP contribution in [0, 0.1) is 6.92 Å². The molecule has 1 atom stereocenters. The summed E-state index contributed by atoms with van der Waals surface area (Å²) in [4.78, 5) is 22.5. The first-order chi connectivity index (χ1) is 11.4. The number of aromatic nitrogens is 3. The van der Waals surface area contributed by atoms with Crippen LogP contribution in [0.5, 0.6) is 0 Å². The quantitative estimate of drug-likeness (QED) is 0.846. The highest BCUT2D eigenvalue weighted by atomic mass is 16.3. The number of nitrogens with one attached hydrogen (secondary N) is 1. The molecule has 2 amide bonds. The molecule has 0 aromatic carbocycles. The zero-order valence-electron chi connectivity index (χ0n) is 14.6. The van der Waals surface area contributed by atoms with E-state index in [-0.39, 0.29) is 12.1 Å². The van der Waals surface area contributed by atoms with Crippen LogP contribution >= 0.6 is 0 Å². The number of nitrogens with zero attached hydrogens (tertiary/aromatic N) is 4. The summed E-state index contributed by atoms with van der Waals surface area (Å²) in [7, 11) is 0. The van der Waals surface area contributed by atoms with Crippen LogP contribution < -0.4 is 5.32 Å². The van der Waals surface area contributed by atoms with E-state index in [4.69, 9.17) is 0 Å². The second kappa shape index (κ2) is 7.92. The summed E-state index contributed by atoms with van der Waals surface area (Å²) in [6.07, 6.45) is 4.77. The molecule has 0 aliphatic carbocycles. The molecule has 2 heterocycles. The van der Waals surface area contributed by atoms with E-state index in [1.54, 1.807) is 24.2 Å². The first-order valence-electron chi connectivity index (χ1n) is 8.06. The molecule has 0 radical (unpaired) electrons. The van der Waals surface area contributed by atoms with Crippen molar-refractivity contribution in [1.82, 2.24) is 24.8 Å². The zero-order chi connectivity index (χ0) is 17.7. The van der Waals surface area contributed by atoms with Gasteiger partial charge >= 0.3 is 6.03 Å². The Morgan fingerprint density at radius 3 is 2.58 bits per heavy atom. The van der Waals surface area contributed by atoms with E-state index in [9.17, 15) is 9.90 Å². The Bertz CT molecular complexity index is 664. The van der Waals surface area contributed by atoms with Crippen molar-refractivity contribution in [3.8, 4) is 5.82 Å². The highest BCUT2D eigenvalue weighted by molar-refractivity contribution is 5.74. The topological polar surface area (TPSA) is 83.3 Å². The molecule has 0 saturated carbocycles. The monoisotopic (exact) mass is 331 g/mol. The van der Waals surface area contributed by atoms with Gasteiger partial charge in [-0.3, -0.25) is 4.57 Å². The lowest BCUT2D eigenvalue weighted by Crippen LogP contribution is -2.46. The van der Waals surface area contributed by atoms with Gasteiger partial charge in [0, 0.05) is 37.7 Å². The molecule has 0 spiro atoms. The second-order valence-corrected chi connectivity index (χ2v) is 6.12. The molecule has 7 heteroatoms. The van der Waals surface area contributed by atoms with Gasteiger partial charge in [0.15, 0.2) is 0 Å². The van der Waals surface area contributed by atoms with Crippen molar-refractivity contribution in [2.45, 2.75) is 46.4 Å². The van der Waals surface area contributed by atoms with Crippen LogP contribution in [-0.2, 0) is 6.54 Å². The van der Waals surface area contributed by atoms with E-state index in [0.717, 1.165) is 17.2 Å². The van der Waals surface area contributed by atoms with Gasteiger partial charge in [0.05, 0.1) is 6.10 Å². The van der Waals surface area contributed by atoms with Crippen LogP contribution in [0.1, 0.15) is 32.2 Å². The summed E-state index contributed by atoms with van der Waals surface area (Å²) in [6.45, 7) is 8.12. The van der Waals surface area contributed by atoms with Crippen LogP contribution in [0.2, 0.25) is 0 Å². The molecule has 24 heavy (non-hydrogen) atoms. The maximum Gasteiger partial charge on any atom is 0.317 e. The molecule has 2 aromatic heterocycles. The molecule has 0 saturated heterocycles. The maximum absolute atomic E-state index is 12.3. The Labute approximate surface area is 142 Å². The lowest BCUT2D eigenvalue weighted by molar-refractivity contribution is 0.118. The van der Waals surface area contributed by atoms with Gasteiger partial charge in [0.1, 0.15) is 11.6 Å². The molecular weight excluding hydrogens is 306 g/mol. The van der Waals surface area contributed by atoms with E-state index in [1.807, 2.05) is 43.7 Å². The number of carbonyl (C=O) groups is 1. The lowest BCUT2D eigenvalue weighted by atomic mass is 10.2. The number of carbonyl (C=O) groups excluding carboxylic acids is 1. The van der Waals surface area contributed by atoms with E-state index in [0.29, 0.717) is 13.1 Å². The zero-order valence-corrected chi connectivity index (χ0v) is 14.6. The summed E-state index contributed by atoms with van der Waals surface area (Å²) in [5, 5.41) is 12.4. The number of urea groups is 1. The van der Waals surface area contributed by atoms with Gasteiger partial charge in [-0.25, -0.2) is 14.8 Å². The minimum absolute atomic E-state index is 0.0179. The van der Waals surface area contributed by atoms with Gasteiger partial charge in [0.25, 0.3) is 0 Å². The highest BCUT2D eigenvalue weighted by Gasteiger charge is 2.18. The second-order valence-electron chi connectivity index (χ2n) is 6.12. The normalized spacial score (nSPS) is 12.2. The largest absolute Gasteiger partial charge is 0.392 e. The third-order valence-electron chi connectivity index (χ3n) is 3.67. The van der Waals surface area contributed by atoms with Crippen LogP contribution in [0.15, 0.2) is 30.7 Å². The van der Waals surface area contributed by atoms with Crippen molar-refractivity contribution in [2.75, 3.05) is 6.54 Å². The molecule has 1 unspecified atom stereocenters. The number of rotatable bonds is 6. The average Bonchev–Trinajstić information content (AvgIpc) is 2.96. The van der Waals surface area contributed by atoms with E-state index in [1.165, 1.54) is 0 Å². The van der Waals surface area contributed by atoms with Crippen molar-refractivity contribution in [1.29, 1.82) is 0 Å². The maximum atomic E-state index is 12.3. The predicted molar refractivity (Wildman–Crippen MR) is 91.9 cm³/mol. The van der Waals surface area contributed by atoms with E-state index < -0.39 is 6.10 Å². The summed E-state index contributed by atoms with van der Waals surface area (Å²) < 4.78 is 1.89. The number of hydrogen-bond donors (Lipinski definition) is 2. The smallest absolute Gasteiger partial charge is 0.317 e. The Kier molecular flexibility index (Phi) is 5.92. The molecule has 7 nitrogen and oxygen atoms in total. The average molecular weight is 331 g/mol. The van der Waals surface area contributed by atoms with E-state index >= 15 is 0 Å². The Hall–Kier alpha value is -2.41. The fraction of sp³-hybridized carbons (Fsp3) is 0.471. The first-order valence-corrected chi connectivity index (χ1v) is 8.06. The van der Waals surface area contributed by atoms with Crippen LogP contribution in [0.4, 0.5) is 4.79 Å². The fourth-order valence-electron chi connectivity index (χ4n) is 2.38. The number of aryl methyl sites for hydroxylation is 1. The molecule has 0 aliphatic heterocycles. The molecule has 0 bridgehead atoms. The molecule has 2 aromatic rings. The van der Waals surface area contributed by atoms with Crippen LogP contribution in [0.3, 0.4) is 0 Å². The van der Waals surface area contributed by atoms with E-state index in [2.05, 4.69) is 15.3 Å². The number of aliphatic hydroxyl groups excluding tert-OH is 1. The lowest BCUT2D eigenvalue weighted by Gasteiger charge is -2.28. The Morgan fingerprint density at radius 1 is 1.33 bits per heavy atom. The summed E-state index contributed by atoms with van der Waals surface area (Å²) in [5.41, 5.74) is 0.908. The standard InChI is InChI=1S/C17H25N5O2/c1-12(2)22(11-13(3)23)17(24)20-10-15-5-6-16(19-9-15)21-8-7-18-14(21)4/h5-9,12-13,23H,10-11H2,1-4H3,(H,20,24). The molecule has 130 valence electrons. The van der Waals surface area contributed by atoms with Crippen molar-refractivity contribution in [3.05, 3.63) is 42.1 Å². The molecule has 0 aliphatic rings. The van der Waals surface area contributed by atoms with Crippen molar-refractivity contribution in [3.63, 3.8) is 0 Å². The SMILES string of the molecule is Cc1nccn1-c1ccc(CNC(=O)N(CC(C)O)C(C)C)cn1. The highest BCUT2D eigenvalue weighted by Crippen LogP contribution is 2.08. The molecule has 2 N–H and O–H groups in total. The fourth-order valence-corrected chi connectivity index (χ4v) is 2.38.